The Labute approximate surface area is 147 Å². The summed E-state index contributed by atoms with van der Waals surface area (Å²) in [5, 5.41) is 13.1. The van der Waals surface area contributed by atoms with Gasteiger partial charge in [0.05, 0.1) is 12.8 Å². The first kappa shape index (κ1) is 15.6. The van der Waals surface area contributed by atoms with E-state index in [1.54, 1.807) is 11.8 Å². The van der Waals surface area contributed by atoms with Gasteiger partial charge in [-0.1, -0.05) is 18.2 Å². The summed E-state index contributed by atoms with van der Waals surface area (Å²) in [5.74, 6) is 3.05. The maximum absolute atomic E-state index is 5.51. The van der Waals surface area contributed by atoms with E-state index in [9.17, 15) is 0 Å². The number of nitrogens with zero attached hydrogens (tertiary/aromatic N) is 5. The molecule has 0 radical (unpaired) electrons. The Kier molecular flexibility index (Phi) is 4.09. The first-order valence-corrected chi connectivity index (χ1v) is 8.49. The molecule has 0 saturated carbocycles. The molecule has 3 heterocycles. The number of ether oxygens (including phenoxy) is 1. The fourth-order valence-corrected chi connectivity index (χ4v) is 3.38. The number of rotatable bonds is 4. The van der Waals surface area contributed by atoms with Gasteiger partial charge in [-0.25, -0.2) is 4.68 Å². The summed E-state index contributed by atoms with van der Waals surface area (Å²) in [7, 11) is 1.73. The molecule has 4 rings (SSSR count). The van der Waals surface area contributed by atoms with Gasteiger partial charge < -0.3 is 9.64 Å². The minimum atomic E-state index is 0.450. The average molecular weight is 335 g/mol. The van der Waals surface area contributed by atoms with Crippen LogP contribution in [0.1, 0.15) is 23.6 Å². The summed E-state index contributed by atoms with van der Waals surface area (Å²) in [6.07, 6.45) is 2.98. The van der Waals surface area contributed by atoms with Crippen LogP contribution in [0.3, 0.4) is 0 Å². The van der Waals surface area contributed by atoms with Crippen LogP contribution >= 0.6 is 0 Å². The molecule has 6 heteroatoms. The molecule has 1 aromatic carbocycles. The van der Waals surface area contributed by atoms with E-state index in [0.717, 1.165) is 42.6 Å². The van der Waals surface area contributed by atoms with E-state index < -0.39 is 0 Å². The van der Waals surface area contributed by atoms with Crippen LogP contribution in [0.4, 0.5) is 5.82 Å². The molecule has 2 aromatic heterocycles. The Morgan fingerprint density at radius 2 is 1.84 bits per heavy atom. The summed E-state index contributed by atoms with van der Waals surface area (Å²) in [4.78, 5) is 2.28. The van der Waals surface area contributed by atoms with E-state index in [4.69, 9.17) is 4.74 Å². The third-order valence-electron chi connectivity index (χ3n) is 4.68. The van der Waals surface area contributed by atoms with Gasteiger partial charge in [0.15, 0.2) is 11.6 Å². The standard InChI is InChI=1S/C19H21N5O/c1-14-9-12-24(22-14)19-8-7-18(20-21-19)23-11-10-15(13-23)16-5-3-4-6-17(16)25-2/h3-9,12,15H,10-11,13H2,1-2H3. The second-order valence-electron chi connectivity index (χ2n) is 6.32. The number of hydrogen-bond donors (Lipinski definition) is 0. The monoisotopic (exact) mass is 335 g/mol. The normalized spacial score (nSPS) is 17.0. The van der Waals surface area contributed by atoms with Crippen LogP contribution in [0.5, 0.6) is 5.75 Å². The highest BCUT2D eigenvalue weighted by molar-refractivity contribution is 5.45. The minimum absolute atomic E-state index is 0.450. The summed E-state index contributed by atoms with van der Waals surface area (Å²) in [6.45, 7) is 3.85. The lowest BCUT2D eigenvalue weighted by Crippen LogP contribution is -2.21. The van der Waals surface area contributed by atoms with Gasteiger partial charge in [0.25, 0.3) is 0 Å². The van der Waals surface area contributed by atoms with Crippen molar-refractivity contribution in [1.82, 2.24) is 20.0 Å². The summed E-state index contributed by atoms with van der Waals surface area (Å²) < 4.78 is 7.25. The molecule has 1 atom stereocenters. The van der Waals surface area contributed by atoms with Crippen LogP contribution in [-0.2, 0) is 0 Å². The molecule has 6 nitrogen and oxygen atoms in total. The highest BCUT2D eigenvalue weighted by Gasteiger charge is 2.27. The topological polar surface area (TPSA) is 56.1 Å². The van der Waals surface area contributed by atoms with Crippen molar-refractivity contribution in [3.63, 3.8) is 0 Å². The average Bonchev–Trinajstić information content (AvgIpc) is 3.31. The van der Waals surface area contributed by atoms with Gasteiger partial charge in [-0.15, -0.1) is 10.2 Å². The lowest BCUT2D eigenvalue weighted by atomic mass is 9.97. The molecule has 1 aliphatic heterocycles. The molecule has 0 N–H and O–H groups in total. The fourth-order valence-electron chi connectivity index (χ4n) is 3.38. The van der Waals surface area contributed by atoms with Crippen LogP contribution < -0.4 is 9.64 Å². The Morgan fingerprint density at radius 3 is 2.56 bits per heavy atom. The quantitative estimate of drug-likeness (QED) is 0.734. The van der Waals surface area contributed by atoms with Crippen molar-refractivity contribution in [3.05, 3.63) is 59.9 Å². The van der Waals surface area contributed by atoms with Crippen molar-refractivity contribution in [2.75, 3.05) is 25.1 Å². The maximum atomic E-state index is 5.51. The van der Waals surface area contributed by atoms with E-state index in [0.29, 0.717) is 5.92 Å². The van der Waals surface area contributed by atoms with E-state index >= 15 is 0 Å². The molecule has 1 unspecified atom stereocenters. The smallest absolute Gasteiger partial charge is 0.175 e. The second kappa shape index (κ2) is 6.55. The van der Waals surface area contributed by atoms with Crippen molar-refractivity contribution in [1.29, 1.82) is 0 Å². The molecule has 0 bridgehead atoms. The molecular formula is C19H21N5O. The number of para-hydroxylation sites is 1. The zero-order chi connectivity index (χ0) is 17.2. The van der Waals surface area contributed by atoms with Gasteiger partial charge in [-0.05, 0) is 43.2 Å². The van der Waals surface area contributed by atoms with Crippen LogP contribution in [-0.4, -0.2) is 40.2 Å². The predicted molar refractivity (Wildman–Crippen MR) is 96.5 cm³/mol. The maximum Gasteiger partial charge on any atom is 0.175 e. The van der Waals surface area contributed by atoms with Crippen molar-refractivity contribution >= 4 is 5.82 Å². The number of benzene rings is 1. The number of aryl methyl sites for hydroxylation is 1. The van der Waals surface area contributed by atoms with Gasteiger partial charge in [0.2, 0.25) is 0 Å². The molecule has 1 fully saturated rings. The highest BCUT2D eigenvalue weighted by atomic mass is 16.5. The van der Waals surface area contributed by atoms with Gasteiger partial charge in [-0.2, -0.15) is 5.10 Å². The third-order valence-corrected chi connectivity index (χ3v) is 4.68. The van der Waals surface area contributed by atoms with E-state index in [1.807, 2.05) is 43.5 Å². The molecule has 0 spiro atoms. The van der Waals surface area contributed by atoms with E-state index in [-0.39, 0.29) is 0 Å². The third kappa shape index (κ3) is 3.07. The van der Waals surface area contributed by atoms with Gasteiger partial charge in [-0.3, -0.25) is 0 Å². The van der Waals surface area contributed by atoms with Crippen molar-refractivity contribution in [2.24, 2.45) is 0 Å². The van der Waals surface area contributed by atoms with Crippen molar-refractivity contribution in [3.8, 4) is 11.6 Å². The van der Waals surface area contributed by atoms with Crippen LogP contribution in [0.15, 0.2) is 48.7 Å². The molecule has 25 heavy (non-hydrogen) atoms. The van der Waals surface area contributed by atoms with Gasteiger partial charge in [0.1, 0.15) is 5.75 Å². The van der Waals surface area contributed by atoms with Crippen molar-refractivity contribution < 1.29 is 4.74 Å². The minimum Gasteiger partial charge on any atom is -0.496 e. The summed E-state index contributed by atoms with van der Waals surface area (Å²) in [6, 6.07) is 14.2. The molecule has 3 aromatic rings. The predicted octanol–water partition coefficient (Wildman–Crippen LogP) is 2.97. The van der Waals surface area contributed by atoms with Crippen LogP contribution in [0, 0.1) is 6.92 Å². The zero-order valence-corrected chi connectivity index (χ0v) is 14.5. The Bertz CT molecular complexity index is 858. The first-order chi connectivity index (χ1) is 12.2. The second-order valence-corrected chi connectivity index (χ2v) is 6.32. The van der Waals surface area contributed by atoms with Gasteiger partial charge in [0, 0.05) is 25.2 Å². The SMILES string of the molecule is COc1ccccc1C1CCN(c2ccc(-n3ccc(C)n3)nn2)C1. The fraction of sp³-hybridized carbons (Fsp3) is 0.316. The molecule has 1 aliphatic rings. The highest BCUT2D eigenvalue weighted by Crippen LogP contribution is 2.34. The molecule has 128 valence electrons. The number of aromatic nitrogens is 4. The van der Waals surface area contributed by atoms with Gasteiger partial charge >= 0.3 is 0 Å². The van der Waals surface area contributed by atoms with E-state index in [2.05, 4.69) is 32.3 Å². The van der Waals surface area contributed by atoms with Crippen LogP contribution in [0.25, 0.3) is 5.82 Å². The summed E-state index contributed by atoms with van der Waals surface area (Å²) >= 11 is 0. The van der Waals surface area contributed by atoms with Crippen LogP contribution in [0.2, 0.25) is 0 Å². The molecule has 1 saturated heterocycles. The number of hydrogen-bond acceptors (Lipinski definition) is 5. The lowest BCUT2D eigenvalue weighted by molar-refractivity contribution is 0.406. The number of methoxy groups -OCH3 is 1. The molecular weight excluding hydrogens is 314 g/mol. The Balaban J connectivity index is 1.50. The zero-order valence-electron chi connectivity index (χ0n) is 14.5. The lowest BCUT2D eigenvalue weighted by Gasteiger charge is -2.18. The Morgan fingerprint density at radius 1 is 1.04 bits per heavy atom. The summed E-state index contributed by atoms with van der Waals surface area (Å²) in [5.41, 5.74) is 2.23. The first-order valence-electron chi connectivity index (χ1n) is 8.49. The van der Waals surface area contributed by atoms with E-state index in [1.165, 1.54) is 5.56 Å². The number of anilines is 1. The Hall–Kier alpha value is -2.89. The molecule has 0 amide bonds. The largest absolute Gasteiger partial charge is 0.496 e. The molecule has 0 aliphatic carbocycles. The van der Waals surface area contributed by atoms with Crippen molar-refractivity contribution in [2.45, 2.75) is 19.3 Å².